The Morgan fingerprint density at radius 2 is 2.14 bits per heavy atom. The van der Waals surface area contributed by atoms with Gasteiger partial charge in [-0.3, -0.25) is 4.79 Å². The van der Waals surface area contributed by atoms with Gasteiger partial charge < -0.3 is 15.4 Å². The van der Waals surface area contributed by atoms with Crippen molar-refractivity contribution in [1.29, 1.82) is 0 Å². The zero-order chi connectivity index (χ0) is 15.7. The first-order chi connectivity index (χ1) is 10.0. The van der Waals surface area contributed by atoms with Crippen molar-refractivity contribution in [3.63, 3.8) is 0 Å². The van der Waals surface area contributed by atoms with Crippen molar-refractivity contribution in [1.82, 2.24) is 10.6 Å². The average Bonchev–Trinajstić information content (AvgIpc) is 2.44. The normalized spacial score (nSPS) is 10.7. The van der Waals surface area contributed by atoms with Gasteiger partial charge >= 0.3 is 0 Å². The molecule has 1 rings (SSSR count). The molecule has 2 N–H and O–H groups in total. The maximum atomic E-state index is 11.7. The Morgan fingerprint density at radius 1 is 1.38 bits per heavy atom. The maximum Gasteiger partial charge on any atom is 0.257 e. The molecule has 0 atom stereocenters. The van der Waals surface area contributed by atoms with Crippen molar-refractivity contribution in [2.75, 3.05) is 19.7 Å². The molecule has 0 aliphatic rings. The first-order valence-corrected chi connectivity index (χ1v) is 8.20. The second kappa shape index (κ2) is 9.79. The molecule has 4 nitrogen and oxygen atoms in total. The summed E-state index contributed by atoms with van der Waals surface area (Å²) in [4.78, 5) is 11.7. The van der Waals surface area contributed by atoms with Gasteiger partial charge in [0, 0.05) is 17.6 Å². The van der Waals surface area contributed by atoms with E-state index >= 15 is 0 Å². The third-order valence-electron chi connectivity index (χ3n) is 3.00. The molecule has 1 aromatic carbocycles. The number of benzene rings is 1. The largest absolute Gasteiger partial charge is 0.484 e. The third-order valence-corrected chi connectivity index (χ3v) is 3.77. The van der Waals surface area contributed by atoms with E-state index < -0.39 is 0 Å². The lowest BCUT2D eigenvalue weighted by Gasteiger charge is -2.11. The number of halogens is 1. The van der Waals surface area contributed by atoms with Crippen molar-refractivity contribution >= 4 is 21.8 Å². The van der Waals surface area contributed by atoms with Gasteiger partial charge in [0.1, 0.15) is 5.75 Å². The summed E-state index contributed by atoms with van der Waals surface area (Å²) in [6, 6.07) is 5.76. The number of rotatable bonds is 9. The number of amides is 1. The molecule has 0 unspecified atom stereocenters. The van der Waals surface area contributed by atoms with E-state index in [1.807, 2.05) is 18.2 Å². The van der Waals surface area contributed by atoms with Crippen LogP contribution in [0, 0.1) is 5.92 Å². The molecule has 1 aromatic rings. The van der Waals surface area contributed by atoms with Gasteiger partial charge in [-0.2, -0.15) is 0 Å². The van der Waals surface area contributed by atoms with Crippen LogP contribution in [-0.4, -0.2) is 25.6 Å². The summed E-state index contributed by atoms with van der Waals surface area (Å²) in [5.41, 5.74) is 1.12. The fourth-order valence-electron chi connectivity index (χ4n) is 1.74. The minimum atomic E-state index is -0.0770. The number of nitrogens with one attached hydrogen (secondary N) is 2. The number of carbonyl (C=O) groups excluding carboxylic acids is 1. The van der Waals surface area contributed by atoms with Crippen molar-refractivity contribution in [2.24, 2.45) is 5.92 Å². The topological polar surface area (TPSA) is 50.4 Å². The standard InChI is InChI=1S/C16H25BrN2O2/c1-4-18-10-13-9-14(5-6-15(13)17)21-11-16(20)19-8-7-12(2)3/h5-6,9,12,18H,4,7-8,10-11H2,1-3H3,(H,19,20). The summed E-state index contributed by atoms with van der Waals surface area (Å²) < 4.78 is 6.58. The average molecular weight is 357 g/mol. The van der Waals surface area contributed by atoms with Gasteiger partial charge in [0.25, 0.3) is 5.91 Å². The summed E-state index contributed by atoms with van der Waals surface area (Å²) in [5.74, 6) is 1.23. The second-order valence-corrected chi connectivity index (χ2v) is 6.21. The first-order valence-electron chi connectivity index (χ1n) is 7.41. The predicted molar refractivity (Wildman–Crippen MR) is 89.5 cm³/mol. The van der Waals surface area contributed by atoms with Crippen molar-refractivity contribution in [2.45, 2.75) is 33.7 Å². The first kappa shape index (κ1) is 18.0. The van der Waals surface area contributed by atoms with Crippen LogP contribution in [-0.2, 0) is 11.3 Å². The van der Waals surface area contributed by atoms with Gasteiger partial charge in [-0.15, -0.1) is 0 Å². The molecule has 118 valence electrons. The molecule has 0 radical (unpaired) electrons. The van der Waals surface area contributed by atoms with E-state index in [2.05, 4.69) is 47.3 Å². The minimum absolute atomic E-state index is 0.0559. The van der Waals surface area contributed by atoms with Crippen LogP contribution < -0.4 is 15.4 Å². The number of hydrogen-bond acceptors (Lipinski definition) is 3. The van der Waals surface area contributed by atoms with Crippen molar-refractivity contribution in [3.8, 4) is 5.75 Å². The van der Waals surface area contributed by atoms with Crippen LogP contribution in [0.2, 0.25) is 0 Å². The van der Waals surface area contributed by atoms with Gasteiger partial charge in [-0.25, -0.2) is 0 Å². The summed E-state index contributed by atoms with van der Waals surface area (Å²) in [7, 11) is 0. The molecular formula is C16H25BrN2O2. The highest BCUT2D eigenvalue weighted by molar-refractivity contribution is 9.10. The van der Waals surface area contributed by atoms with E-state index in [-0.39, 0.29) is 12.5 Å². The molecule has 0 saturated carbocycles. The van der Waals surface area contributed by atoms with Gasteiger partial charge in [-0.05, 0) is 42.6 Å². The van der Waals surface area contributed by atoms with Gasteiger partial charge in [-0.1, -0.05) is 36.7 Å². The highest BCUT2D eigenvalue weighted by Gasteiger charge is 2.05. The van der Waals surface area contributed by atoms with Crippen LogP contribution in [0.5, 0.6) is 5.75 Å². The number of carbonyl (C=O) groups is 1. The zero-order valence-electron chi connectivity index (χ0n) is 13.0. The van der Waals surface area contributed by atoms with E-state index in [1.165, 1.54) is 0 Å². The Balaban J connectivity index is 2.42. The lowest BCUT2D eigenvalue weighted by Crippen LogP contribution is -2.30. The SMILES string of the molecule is CCNCc1cc(OCC(=O)NCCC(C)C)ccc1Br. The van der Waals surface area contributed by atoms with Crippen molar-refractivity contribution < 1.29 is 9.53 Å². The maximum absolute atomic E-state index is 11.7. The van der Waals surface area contributed by atoms with E-state index in [9.17, 15) is 4.79 Å². The fourth-order valence-corrected chi connectivity index (χ4v) is 2.12. The van der Waals surface area contributed by atoms with Crippen LogP contribution in [0.4, 0.5) is 0 Å². The molecule has 0 saturated heterocycles. The molecule has 0 bridgehead atoms. The number of ether oxygens (including phenoxy) is 1. The molecule has 0 aliphatic heterocycles. The Labute approximate surface area is 135 Å². The molecule has 0 spiro atoms. The second-order valence-electron chi connectivity index (χ2n) is 5.35. The van der Waals surface area contributed by atoms with Crippen molar-refractivity contribution in [3.05, 3.63) is 28.2 Å². The van der Waals surface area contributed by atoms with E-state index in [0.29, 0.717) is 18.2 Å². The molecule has 5 heteroatoms. The highest BCUT2D eigenvalue weighted by Crippen LogP contribution is 2.22. The quantitative estimate of drug-likeness (QED) is 0.714. The van der Waals surface area contributed by atoms with Crippen LogP contribution >= 0.6 is 15.9 Å². The summed E-state index contributed by atoms with van der Waals surface area (Å²) in [5, 5.41) is 6.13. The summed E-state index contributed by atoms with van der Waals surface area (Å²) >= 11 is 3.51. The van der Waals surface area contributed by atoms with Crippen LogP contribution in [0.1, 0.15) is 32.8 Å². The zero-order valence-corrected chi connectivity index (χ0v) is 14.6. The molecule has 0 heterocycles. The van der Waals surface area contributed by atoms with Gasteiger partial charge in [0.2, 0.25) is 0 Å². The van der Waals surface area contributed by atoms with Gasteiger partial charge in [0.15, 0.2) is 6.61 Å². The summed E-state index contributed by atoms with van der Waals surface area (Å²) in [6.07, 6.45) is 0.983. The Hall–Kier alpha value is -1.07. The Kier molecular flexibility index (Phi) is 8.38. The fraction of sp³-hybridized carbons (Fsp3) is 0.562. The molecule has 1 amide bonds. The van der Waals surface area contributed by atoms with E-state index in [0.717, 1.165) is 29.5 Å². The van der Waals surface area contributed by atoms with Crippen LogP contribution in [0.25, 0.3) is 0 Å². The van der Waals surface area contributed by atoms with Crippen LogP contribution in [0.15, 0.2) is 22.7 Å². The molecular weight excluding hydrogens is 332 g/mol. The summed E-state index contributed by atoms with van der Waals surface area (Å²) in [6.45, 7) is 8.78. The molecule has 0 aromatic heterocycles. The molecule has 0 aliphatic carbocycles. The Morgan fingerprint density at radius 3 is 2.81 bits per heavy atom. The smallest absolute Gasteiger partial charge is 0.257 e. The van der Waals surface area contributed by atoms with E-state index in [1.54, 1.807) is 0 Å². The minimum Gasteiger partial charge on any atom is -0.484 e. The predicted octanol–water partition coefficient (Wildman–Crippen LogP) is 3.10. The molecule has 0 fully saturated rings. The van der Waals surface area contributed by atoms with E-state index in [4.69, 9.17) is 4.74 Å². The molecule has 21 heavy (non-hydrogen) atoms. The number of hydrogen-bond donors (Lipinski definition) is 2. The lowest BCUT2D eigenvalue weighted by molar-refractivity contribution is -0.123. The van der Waals surface area contributed by atoms with Crippen LogP contribution in [0.3, 0.4) is 0 Å². The highest BCUT2D eigenvalue weighted by atomic mass is 79.9. The Bertz CT molecular complexity index is 450. The third kappa shape index (κ3) is 7.48. The lowest BCUT2D eigenvalue weighted by atomic mass is 10.1. The van der Waals surface area contributed by atoms with Gasteiger partial charge in [0.05, 0.1) is 0 Å². The monoisotopic (exact) mass is 356 g/mol.